The van der Waals surface area contributed by atoms with Gasteiger partial charge in [0.1, 0.15) is 5.65 Å². The normalized spacial score (nSPS) is 11.9. The first-order valence-electron chi connectivity index (χ1n) is 5.10. The third-order valence-electron chi connectivity index (χ3n) is 2.48. The van der Waals surface area contributed by atoms with E-state index in [1.165, 1.54) is 0 Å². The second-order valence-corrected chi connectivity index (χ2v) is 4.86. The van der Waals surface area contributed by atoms with Crippen LogP contribution in [0.2, 0.25) is 0 Å². The molecule has 2 rings (SSSR count). The van der Waals surface area contributed by atoms with Crippen LogP contribution in [0.5, 0.6) is 0 Å². The first kappa shape index (κ1) is 10.7. The van der Waals surface area contributed by atoms with Gasteiger partial charge in [0.05, 0.1) is 11.3 Å². The number of aromatic carboxylic acids is 1. The van der Waals surface area contributed by atoms with Crippen molar-refractivity contribution in [3.63, 3.8) is 0 Å². The fraction of sp³-hybridized carbons (Fsp3) is 0.333. The number of hydrogen-bond donors (Lipinski definition) is 1. The zero-order chi connectivity index (χ0) is 11.9. The molecule has 0 bridgehead atoms. The third kappa shape index (κ3) is 1.78. The van der Waals surface area contributed by atoms with Crippen LogP contribution in [0.25, 0.3) is 5.65 Å². The quantitative estimate of drug-likeness (QED) is 0.799. The highest BCUT2D eigenvalue weighted by atomic mass is 16.4. The van der Waals surface area contributed by atoms with Crippen molar-refractivity contribution in [3.8, 4) is 0 Å². The summed E-state index contributed by atoms with van der Waals surface area (Å²) in [5, 5.41) is 8.87. The first-order valence-corrected chi connectivity index (χ1v) is 5.10. The first-order chi connectivity index (χ1) is 7.38. The van der Waals surface area contributed by atoms with Crippen LogP contribution in [0.3, 0.4) is 0 Å². The average molecular weight is 218 g/mol. The summed E-state index contributed by atoms with van der Waals surface area (Å²) in [6.07, 6.45) is 3.65. The maximum absolute atomic E-state index is 10.8. The van der Waals surface area contributed by atoms with E-state index in [9.17, 15) is 4.79 Å². The fourth-order valence-corrected chi connectivity index (χ4v) is 1.48. The lowest BCUT2D eigenvalue weighted by molar-refractivity contribution is 0.0697. The van der Waals surface area contributed by atoms with Crippen LogP contribution < -0.4 is 0 Å². The lowest BCUT2D eigenvalue weighted by atomic mass is 9.93. The summed E-state index contributed by atoms with van der Waals surface area (Å²) in [4.78, 5) is 15.2. The van der Waals surface area contributed by atoms with E-state index in [0.717, 1.165) is 5.69 Å². The minimum Gasteiger partial charge on any atom is -0.478 e. The van der Waals surface area contributed by atoms with Crippen molar-refractivity contribution in [2.75, 3.05) is 0 Å². The van der Waals surface area contributed by atoms with Crippen LogP contribution in [0.1, 0.15) is 36.8 Å². The molecule has 84 valence electrons. The van der Waals surface area contributed by atoms with Crippen LogP contribution in [0, 0.1) is 0 Å². The van der Waals surface area contributed by atoms with Crippen molar-refractivity contribution < 1.29 is 9.90 Å². The Balaban J connectivity index is 2.59. The summed E-state index contributed by atoms with van der Waals surface area (Å²) < 4.78 is 1.84. The Kier molecular flexibility index (Phi) is 2.22. The van der Waals surface area contributed by atoms with Gasteiger partial charge in [-0.05, 0) is 12.1 Å². The molecule has 0 unspecified atom stereocenters. The molecule has 0 amide bonds. The number of carboxylic acids is 1. The van der Waals surface area contributed by atoms with Crippen LogP contribution >= 0.6 is 0 Å². The Morgan fingerprint density at radius 2 is 2.12 bits per heavy atom. The number of pyridine rings is 1. The minimum absolute atomic E-state index is 0.0323. The van der Waals surface area contributed by atoms with Crippen molar-refractivity contribution in [1.82, 2.24) is 9.38 Å². The summed E-state index contributed by atoms with van der Waals surface area (Å²) >= 11 is 0. The molecule has 2 aromatic heterocycles. The Hall–Kier alpha value is -1.84. The van der Waals surface area contributed by atoms with Gasteiger partial charge < -0.3 is 9.51 Å². The van der Waals surface area contributed by atoms with Crippen molar-refractivity contribution in [2.45, 2.75) is 26.2 Å². The maximum atomic E-state index is 10.8. The van der Waals surface area contributed by atoms with Gasteiger partial charge in [-0.15, -0.1) is 0 Å². The lowest BCUT2D eigenvalue weighted by Crippen LogP contribution is -2.11. The molecular weight excluding hydrogens is 204 g/mol. The van der Waals surface area contributed by atoms with E-state index in [1.807, 2.05) is 10.6 Å². The van der Waals surface area contributed by atoms with E-state index < -0.39 is 5.97 Å². The summed E-state index contributed by atoms with van der Waals surface area (Å²) in [5.74, 6) is -0.928. The molecule has 0 aliphatic heterocycles. The topological polar surface area (TPSA) is 54.6 Å². The van der Waals surface area contributed by atoms with Crippen LogP contribution in [-0.4, -0.2) is 20.5 Å². The molecule has 0 saturated carbocycles. The molecule has 0 aliphatic carbocycles. The molecule has 0 saturated heterocycles. The summed E-state index contributed by atoms with van der Waals surface area (Å²) in [6, 6.07) is 3.15. The summed E-state index contributed by atoms with van der Waals surface area (Å²) in [5.41, 5.74) is 1.86. The van der Waals surface area contributed by atoms with Gasteiger partial charge in [0.25, 0.3) is 0 Å². The summed E-state index contributed by atoms with van der Waals surface area (Å²) in [7, 11) is 0. The monoisotopic (exact) mass is 218 g/mol. The molecule has 4 heteroatoms. The van der Waals surface area contributed by atoms with Gasteiger partial charge in [-0.25, -0.2) is 9.78 Å². The number of hydrogen-bond acceptors (Lipinski definition) is 2. The van der Waals surface area contributed by atoms with Crippen molar-refractivity contribution in [3.05, 3.63) is 35.8 Å². The summed E-state index contributed by atoms with van der Waals surface area (Å²) in [6.45, 7) is 6.23. The molecule has 0 aliphatic rings. The van der Waals surface area contributed by atoms with Gasteiger partial charge in [0, 0.05) is 17.8 Å². The molecule has 0 aromatic carbocycles. The van der Waals surface area contributed by atoms with Gasteiger partial charge >= 0.3 is 5.97 Å². The Morgan fingerprint density at radius 3 is 2.69 bits per heavy atom. The molecule has 2 aromatic rings. The lowest BCUT2D eigenvalue weighted by Gasteiger charge is -2.13. The van der Waals surface area contributed by atoms with E-state index in [0.29, 0.717) is 5.65 Å². The second kappa shape index (κ2) is 3.33. The number of carboxylic acid groups (broad SMARTS) is 1. The van der Waals surface area contributed by atoms with Crippen molar-refractivity contribution >= 4 is 11.6 Å². The number of rotatable bonds is 1. The molecule has 1 N–H and O–H groups in total. The van der Waals surface area contributed by atoms with Crippen LogP contribution in [0.4, 0.5) is 0 Å². The van der Waals surface area contributed by atoms with E-state index in [2.05, 4.69) is 25.8 Å². The number of imidazole rings is 1. The zero-order valence-corrected chi connectivity index (χ0v) is 9.56. The van der Waals surface area contributed by atoms with Gasteiger partial charge in [-0.3, -0.25) is 0 Å². The Bertz CT molecular complexity index is 550. The molecule has 4 nitrogen and oxygen atoms in total. The highest BCUT2D eigenvalue weighted by Crippen LogP contribution is 2.21. The van der Waals surface area contributed by atoms with Gasteiger partial charge in [0.2, 0.25) is 0 Å². The van der Waals surface area contributed by atoms with Gasteiger partial charge in [0.15, 0.2) is 0 Å². The molecule has 0 spiro atoms. The van der Waals surface area contributed by atoms with Gasteiger partial charge in [-0.1, -0.05) is 20.8 Å². The number of nitrogens with zero attached hydrogens (tertiary/aromatic N) is 2. The van der Waals surface area contributed by atoms with E-state index in [-0.39, 0.29) is 11.0 Å². The maximum Gasteiger partial charge on any atom is 0.335 e. The van der Waals surface area contributed by atoms with Crippen LogP contribution in [0.15, 0.2) is 24.5 Å². The van der Waals surface area contributed by atoms with Gasteiger partial charge in [-0.2, -0.15) is 0 Å². The predicted octanol–water partition coefficient (Wildman–Crippen LogP) is 2.33. The van der Waals surface area contributed by atoms with Crippen LogP contribution in [-0.2, 0) is 5.41 Å². The highest BCUT2D eigenvalue weighted by Gasteiger charge is 2.17. The standard InChI is InChI=1S/C12H14N2O2/c1-12(2,3)9-7-14-5-4-8(11(15)16)6-10(14)13-9/h4-7H,1-3H3,(H,15,16). The Labute approximate surface area is 93.5 Å². The third-order valence-corrected chi connectivity index (χ3v) is 2.48. The largest absolute Gasteiger partial charge is 0.478 e. The SMILES string of the molecule is CC(C)(C)c1cn2ccc(C(=O)O)cc2n1. The average Bonchev–Trinajstić information content (AvgIpc) is 2.58. The van der Waals surface area contributed by atoms with E-state index >= 15 is 0 Å². The Morgan fingerprint density at radius 1 is 1.44 bits per heavy atom. The zero-order valence-electron chi connectivity index (χ0n) is 9.56. The number of carbonyl (C=O) groups is 1. The van der Waals surface area contributed by atoms with Crippen molar-refractivity contribution in [1.29, 1.82) is 0 Å². The molecular formula is C12H14N2O2. The molecule has 16 heavy (non-hydrogen) atoms. The smallest absolute Gasteiger partial charge is 0.335 e. The highest BCUT2D eigenvalue weighted by molar-refractivity contribution is 5.88. The van der Waals surface area contributed by atoms with E-state index in [4.69, 9.17) is 5.11 Å². The van der Waals surface area contributed by atoms with Crippen molar-refractivity contribution in [2.24, 2.45) is 0 Å². The fourth-order valence-electron chi connectivity index (χ4n) is 1.48. The minimum atomic E-state index is -0.928. The molecule has 2 heterocycles. The molecule has 0 radical (unpaired) electrons. The second-order valence-electron chi connectivity index (χ2n) is 4.86. The van der Waals surface area contributed by atoms with E-state index in [1.54, 1.807) is 18.3 Å². The molecule has 0 atom stereocenters. The predicted molar refractivity (Wildman–Crippen MR) is 60.9 cm³/mol. The number of aromatic nitrogens is 2. The molecule has 0 fully saturated rings. The number of fused-ring (bicyclic) bond motifs is 1.